The number of nitrogens with two attached hydrogens (primary N) is 1. The van der Waals surface area contributed by atoms with E-state index >= 15 is 0 Å². The standard InChI is InChI=1S/C15H18N2O4S2/c1-2-3-12-4-8-15(9-5-12)23(20,21)17-13-6-10-14(11-7-13)22(16,18)19/h4-11,17H,2-3H2,1H3,(H2,16,18,19). The van der Waals surface area contributed by atoms with E-state index in [0.29, 0.717) is 0 Å². The van der Waals surface area contributed by atoms with Crippen LogP contribution in [-0.2, 0) is 26.5 Å². The molecule has 124 valence electrons. The molecule has 2 rings (SSSR count). The largest absolute Gasteiger partial charge is 0.280 e. The first kappa shape index (κ1) is 17.5. The van der Waals surface area contributed by atoms with Crippen LogP contribution in [0.1, 0.15) is 18.9 Å². The van der Waals surface area contributed by atoms with Crippen LogP contribution in [0.3, 0.4) is 0 Å². The first-order chi connectivity index (χ1) is 10.7. The Hall–Kier alpha value is -1.90. The van der Waals surface area contributed by atoms with Gasteiger partial charge in [0.25, 0.3) is 10.0 Å². The molecule has 6 nitrogen and oxygen atoms in total. The second kappa shape index (κ2) is 6.69. The number of hydrogen-bond donors (Lipinski definition) is 2. The monoisotopic (exact) mass is 354 g/mol. The van der Waals surface area contributed by atoms with Crippen molar-refractivity contribution in [3.8, 4) is 0 Å². The molecule has 8 heteroatoms. The van der Waals surface area contributed by atoms with E-state index in [4.69, 9.17) is 5.14 Å². The Bertz CT molecular complexity index is 872. The van der Waals surface area contributed by atoms with Crippen LogP contribution in [0.4, 0.5) is 5.69 Å². The minimum Gasteiger partial charge on any atom is -0.280 e. The Balaban J connectivity index is 2.20. The Labute approximate surface area is 136 Å². The van der Waals surface area contributed by atoms with Crippen molar-refractivity contribution in [2.75, 3.05) is 4.72 Å². The highest BCUT2D eigenvalue weighted by atomic mass is 32.2. The molecule has 0 spiro atoms. The highest BCUT2D eigenvalue weighted by molar-refractivity contribution is 7.92. The number of nitrogens with one attached hydrogen (secondary N) is 1. The van der Waals surface area contributed by atoms with Gasteiger partial charge in [-0.15, -0.1) is 0 Å². The number of hydrogen-bond acceptors (Lipinski definition) is 4. The number of aryl methyl sites for hydroxylation is 1. The summed E-state index contributed by atoms with van der Waals surface area (Å²) in [4.78, 5) is 0.0669. The lowest BCUT2D eigenvalue weighted by atomic mass is 10.1. The predicted molar refractivity (Wildman–Crippen MR) is 89.1 cm³/mol. The van der Waals surface area contributed by atoms with Crippen LogP contribution in [0.25, 0.3) is 0 Å². The van der Waals surface area contributed by atoms with Crippen molar-refractivity contribution in [1.82, 2.24) is 0 Å². The van der Waals surface area contributed by atoms with Crippen molar-refractivity contribution in [2.45, 2.75) is 29.6 Å². The van der Waals surface area contributed by atoms with E-state index in [1.165, 1.54) is 24.3 Å². The lowest BCUT2D eigenvalue weighted by Crippen LogP contribution is -2.14. The topological polar surface area (TPSA) is 106 Å². The van der Waals surface area contributed by atoms with Gasteiger partial charge < -0.3 is 0 Å². The molecular weight excluding hydrogens is 336 g/mol. The number of sulfonamides is 2. The van der Waals surface area contributed by atoms with Crippen LogP contribution in [-0.4, -0.2) is 16.8 Å². The maximum absolute atomic E-state index is 12.3. The van der Waals surface area contributed by atoms with Gasteiger partial charge in [-0.25, -0.2) is 22.0 Å². The number of primary sulfonamides is 1. The summed E-state index contributed by atoms with van der Waals surface area (Å²) in [6.07, 6.45) is 1.88. The van der Waals surface area contributed by atoms with E-state index in [1.807, 2.05) is 0 Å². The van der Waals surface area contributed by atoms with Crippen LogP contribution >= 0.6 is 0 Å². The van der Waals surface area contributed by atoms with Gasteiger partial charge in [0.2, 0.25) is 10.0 Å². The summed E-state index contributed by atoms with van der Waals surface area (Å²) in [5, 5.41) is 5.00. The highest BCUT2D eigenvalue weighted by Gasteiger charge is 2.15. The van der Waals surface area contributed by atoms with Gasteiger partial charge in [-0.2, -0.15) is 0 Å². The molecule has 0 aliphatic carbocycles. The third-order valence-electron chi connectivity index (χ3n) is 3.21. The van der Waals surface area contributed by atoms with E-state index in [2.05, 4.69) is 11.6 Å². The molecule has 0 amide bonds. The van der Waals surface area contributed by atoms with Crippen LogP contribution in [0.15, 0.2) is 58.3 Å². The Morgan fingerprint density at radius 3 is 1.87 bits per heavy atom. The molecule has 3 N–H and O–H groups in total. The van der Waals surface area contributed by atoms with Crippen molar-refractivity contribution in [2.24, 2.45) is 5.14 Å². The van der Waals surface area contributed by atoms with E-state index in [0.717, 1.165) is 18.4 Å². The molecule has 0 heterocycles. The van der Waals surface area contributed by atoms with Crippen LogP contribution < -0.4 is 9.86 Å². The molecule has 0 radical (unpaired) electrons. The summed E-state index contributed by atoms with van der Waals surface area (Å²) in [7, 11) is -7.53. The van der Waals surface area contributed by atoms with Gasteiger partial charge in [-0.3, -0.25) is 4.72 Å². The summed E-state index contributed by atoms with van der Waals surface area (Å²) in [5.74, 6) is 0. The Kier molecular flexibility index (Phi) is 5.08. The van der Waals surface area contributed by atoms with Gasteiger partial charge >= 0.3 is 0 Å². The molecule has 0 saturated heterocycles. The maximum atomic E-state index is 12.3. The average Bonchev–Trinajstić information content (AvgIpc) is 2.47. The normalized spacial score (nSPS) is 12.1. The molecule has 0 fully saturated rings. The van der Waals surface area contributed by atoms with E-state index in [1.54, 1.807) is 24.3 Å². The fourth-order valence-electron chi connectivity index (χ4n) is 2.05. The molecular formula is C15H18N2O4S2. The first-order valence-corrected chi connectivity index (χ1v) is 10.00. The van der Waals surface area contributed by atoms with E-state index in [-0.39, 0.29) is 15.5 Å². The number of anilines is 1. The zero-order valence-electron chi connectivity index (χ0n) is 12.6. The molecule has 0 bridgehead atoms. The van der Waals surface area contributed by atoms with Gasteiger partial charge in [-0.1, -0.05) is 25.5 Å². The number of rotatable bonds is 6. The van der Waals surface area contributed by atoms with E-state index in [9.17, 15) is 16.8 Å². The SMILES string of the molecule is CCCc1ccc(S(=O)(=O)Nc2ccc(S(N)(=O)=O)cc2)cc1. The fourth-order valence-corrected chi connectivity index (χ4v) is 3.62. The van der Waals surface area contributed by atoms with Gasteiger partial charge in [-0.05, 0) is 48.4 Å². The zero-order valence-corrected chi connectivity index (χ0v) is 14.2. The van der Waals surface area contributed by atoms with Gasteiger partial charge in [0, 0.05) is 5.69 Å². The lowest BCUT2D eigenvalue weighted by molar-refractivity contribution is 0.597. The molecule has 2 aromatic carbocycles. The zero-order chi connectivity index (χ0) is 17.1. The summed E-state index contributed by atoms with van der Waals surface area (Å²) < 4.78 is 49.3. The van der Waals surface area contributed by atoms with Crippen molar-refractivity contribution < 1.29 is 16.8 Å². The molecule has 23 heavy (non-hydrogen) atoms. The first-order valence-electron chi connectivity index (χ1n) is 6.97. The number of benzene rings is 2. The summed E-state index contributed by atoms with van der Waals surface area (Å²) in [5.41, 5.74) is 1.33. The van der Waals surface area contributed by atoms with Gasteiger partial charge in [0.15, 0.2) is 0 Å². The van der Waals surface area contributed by atoms with Crippen molar-refractivity contribution in [3.63, 3.8) is 0 Å². The molecule has 0 saturated carbocycles. The van der Waals surface area contributed by atoms with Crippen LogP contribution in [0.5, 0.6) is 0 Å². The lowest BCUT2D eigenvalue weighted by Gasteiger charge is -2.09. The molecule has 0 atom stereocenters. The van der Waals surface area contributed by atoms with Gasteiger partial charge in [0.1, 0.15) is 0 Å². The second-order valence-electron chi connectivity index (χ2n) is 5.07. The van der Waals surface area contributed by atoms with Crippen molar-refractivity contribution >= 4 is 25.7 Å². The van der Waals surface area contributed by atoms with Crippen LogP contribution in [0, 0.1) is 0 Å². The second-order valence-corrected chi connectivity index (χ2v) is 8.31. The summed E-state index contributed by atoms with van der Waals surface area (Å²) >= 11 is 0. The van der Waals surface area contributed by atoms with Crippen LogP contribution in [0.2, 0.25) is 0 Å². The third kappa shape index (κ3) is 4.54. The predicted octanol–water partition coefficient (Wildman–Crippen LogP) is 2.09. The minimum atomic E-state index is -3.80. The van der Waals surface area contributed by atoms with Crippen molar-refractivity contribution in [3.05, 3.63) is 54.1 Å². The Morgan fingerprint density at radius 2 is 1.39 bits per heavy atom. The quantitative estimate of drug-likeness (QED) is 0.828. The van der Waals surface area contributed by atoms with Crippen molar-refractivity contribution in [1.29, 1.82) is 0 Å². The minimum absolute atomic E-state index is 0.0793. The molecule has 0 unspecified atom stereocenters. The third-order valence-corrected chi connectivity index (χ3v) is 5.53. The summed E-state index contributed by atoms with van der Waals surface area (Å²) in [6.45, 7) is 2.05. The average molecular weight is 354 g/mol. The molecule has 2 aromatic rings. The highest BCUT2D eigenvalue weighted by Crippen LogP contribution is 2.18. The smallest absolute Gasteiger partial charge is 0.261 e. The molecule has 0 aromatic heterocycles. The summed E-state index contributed by atoms with van der Waals surface area (Å²) in [6, 6.07) is 11.9. The van der Waals surface area contributed by atoms with E-state index < -0.39 is 20.0 Å². The maximum Gasteiger partial charge on any atom is 0.261 e. The Morgan fingerprint density at radius 1 is 0.870 bits per heavy atom. The fraction of sp³-hybridized carbons (Fsp3) is 0.200. The van der Waals surface area contributed by atoms with Gasteiger partial charge in [0.05, 0.1) is 9.79 Å². The molecule has 0 aliphatic rings. The molecule has 0 aliphatic heterocycles.